The van der Waals surface area contributed by atoms with Gasteiger partial charge < -0.3 is 5.32 Å². The van der Waals surface area contributed by atoms with E-state index in [2.05, 4.69) is 10.0 Å². The molecule has 0 unspecified atom stereocenters. The molecule has 8 heteroatoms. The molecule has 0 heterocycles. The van der Waals surface area contributed by atoms with Gasteiger partial charge in [0, 0.05) is 16.9 Å². The topological polar surface area (TPSA) is 99.1 Å². The van der Waals surface area contributed by atoms with E-state index in [9.17, 15) is 17.6 Å². The largest absolute Gasteiger partial charge is 0.322 e. The van der Waals surface area contributed by atoms with Crippen molar-refractivity contribution in [2.75, 3.05) is 10.0 Å². The maximum Gasteiger partial charge on any atom is 0.262 e. The van der Waals surface area contributed by atoms with Crippen molar-refractivity contribution < 1.29 is 17.6 Å². The highest BCUT2D eigenvalue weighted by Crippen LogP contribution is 2.21. The van der Waals surface area contributed by atoms with Gasteiger partial charge >= 0.3 is 0 Å². The molecule has 1 amide bonds. The van der Waals surface area contributed by atoms with Crippen LogP contribution in [0.4, 0.5) is 15.8 Å². The number of anilines is 2. The van der Waals surface area contributed by atoms with Crippen LogP contribution in [-0.2, 0) is 10.0 Å². The third-order valence-corrected chi connectivity index (χ3v) is 5.62. The molecule has 0 fully saturated rings. The first-order chi connectivity index (χ1) is 13.8. The Hall–Kier alpha value is -3.70. The number of rotatable bonds is 5. The quantitative estimate of drug-likeness (QED) is 0.664. The van der Waals surface area contributed by atoms with Crippen LogP contribution in [0.25, 0.3) is 0 Å². The lowest BCUT2D eigenvalue weighted by molar-refractivity contribution is 0.102. The molecule has 0 aliphatic rings. The van der Waals surface area contributed by atoms with Crippen molar-refractivity contribution in [2.24, 2.45) is 0 Å². The average molecular weight is 409 g/mol. The van der Waals surface area contributed by atoms with Gasteiger partial charge in [0.25, 0.3) is 15.9 Å². The first-order valence-corrected chi connectivity index (χ1v) is 9.97. The molecule has 0 saturated heterocycles. The molecule has 6 nitrogen and oxygen atoms in total. The number of carbonyl (C=O) groups is 1. The van der Waals surface area contributed by atoms with Crippen LogP contribution in [0.2, 0.25) is 0 Å². The van der Waals surface area contributed by atoms with E-state index in [0.717, 1.165) is 12.1 Å². The Morgan fingerprint density at radius 3 is 2.38 bits per heavy atom. The predicted molar refractivity (Wildman–Crippen MR) is 107 cm³/mol. The van der Waals surface area contributed by atoms with E-state index in [1.54, 1.807) is 24.3 Å². The second kappa shape index (κ2) is 8.12. The number of aryl methyl sites for hydroxylation is 1. The number of halogens is 1. The van der Waals surface area contributed by atoms with Gasteiger partial charge in [0.2, 0.25) is 0 Å². The zero-order valence-electron chi connectivity index (χ0n) is 15.3. The second-order valence-corrected chi connectivity index (χ2v) is 7.89. The van der Waals surface area contributed by atoms with Crippen LogP contribution in [0, 0.1) is 24.1 Å². The molecular formula is C21H16FN3O3S. The fourth-order valence-corrected chi connectivity index (χ4v) is 3.97. The summed E-state index contributed by atoms with van der Waals surface area (Å²) in [5.74, 6) is -0.916. The van der Waals surface area contributed by atoms with Crippen LogP contribution in [0.15, 0.2) is 71.6 Å². The Kier molecular flexibility index (Phi) is 5.61. The standard InChI is InChI=1S/C21H16FN3O3S/c1-14-11-17(22)7-10-20(14)29(27,28)25-18-8-5-16(6-9-18)21(26)24-19-4-2-3-15(12-19)13-23/h2-12,25H,1H3,(H,24,26). The van der Waals surface area contributed by atoms with Gasteiger partial charge in [-0.25, -0.2) is 12.8 Å². The number of nitrogens with one attached hydrogen (secondary N) is 2. The summed E-state index contributed by atoms with van der Waals surface area (Å²) in [7, 11) is -3.90. The minimum absolute atomic E-state index is 0.0295. The molecule has 0 radical (unpaired) electrons. The van der Waals surface area contributed by atoms with Crippen molar-refractivity contribution in [3.63, 3.8) is 0 Å². The van der Waals surface area contributed by atoms with E-state index in [4.69, 9.17) is 5.26 Å². The number of sulfonamides is 1. The molecule has 29 heavy (non-hydrogen) atoms. The van der Waals surface area contributed by atoms with Crippen molar-refractivity contribution in [3.8, 4) is 6.07 Å². The zero-order chi connectivity index (χ0) is 21.0. The molecule has 0 aliphatic carbocycles. The molecule has 3 aromatic rings. The van der Waals surface area contributed by atoms with Crippen LogP contribution in [0.1, 0.15) is 21.5 Å². The molecule has 0 bridgehead atoms. The molecule has 0 aromatic heterocycles. The van der Waals surface area contributed by atoms with E-state index in [1.165, 1.54) is 37.3 Å². The Morgan fingerprint density at radius 2 is 1.72 bits per heavy atom. The average Bonchev–Trinajstić information content (AvgIpc) is 2.68. The van der Waals surface area contributed by atoms with Gasteiger partial charge in [-0.05, 0) is 73.2 Å². The summed E-state index contributed by atoms with van der Waals surface area (Å²) in [6.45, 7) is 1.51. The van der Waals surface area contributed by atoms with Crippen molar-refractivity contribution in [1.29, 1.82) is 5.26 Å². The second-order valence-electron chi connectivity index (χ2n) is 6.24. The van der Waals surface area contributed by atoms with Crippen molar-refractivity contribution >= 4 is 27.3 Å². The third kappa shape index (κ3) is 4.78. The molecule has 0 saturated carbocycles. The smallest absolute Gasteiger partial charge is 0.262 e. The Morgan fingerprint density at radius 1 is 1.00 bits per heavy atom. The summed E-state index contributed by atoms with van der Waals surface area (Å²) in [6.07, 6.45) is 0. The van der Waals surface area contributed by atoms with Gasteiger partial charge in [-0.3, -0.25) is 9.52 Å². The van der Waals surface area contributed by atoms with Crippen LogP contribution >= 0.6 is 0 Å². The molecule has 146 valence electrons. The van der Waals surface area contributed by atoms with Crippen LogP contribution in [-0.4, -0.2) is 14.3 Å². The van der Waals surface area contributed by atoms with Gasteiger partial charge in [0.05, 0.1) is 16.5 Å². The molecule has 2 N–H and O–H groups in total. The van der Waals surface area contributed by atoms with Crippen LogP contribution in [0.3, 0.4) is 0 Å². The molecule has 0 atom stereocenters. The van der Waals surface area contributed by atoms with E-state index < -0.39 is 21.7 Å². The monoisotopic (exact) mass is 409 g/mol. The van der Waals surface area contributed by atoms with Crippen molar-refractivity contribution in [2.45, 2.75) is 11.8 Å². The van der Waals surface area contributed by atoms with Gasteiger partial charge in [0.1, 0.15) is 5.82 Å². The number of benzene rings is 3. The highest BCUT2D eigenvalue weighted by Gasteiger charge is 2.17. The number of hydrogen-bond donors (Lipinski definition) is 2. The molecular weight excluding hydrogens is 393 g/mol. The number of nitriles is 1. The fraction of sp³-hybridized carbons (Fsp3) is 0.0476. The highest BCUT2D eigenvalue weighted by atomic mass is 32.2. The Balaban J connectivity index is 1.74. The van der Waals surface area contributed by atoms with Gasteiger partial charge in [0.15, 0.2) is 0 Å². The molecule has 0 aliphatic heterocycles. The first kappa shape index (κ1) is 20.0. The molecule has 3 aromatic carbocycles. The van der Waals surface area contributed by atoms with Crippen LogP contribution in [0.5, 0.6) is 0 Å². The summed E-state index contributed by atoms with van der Waals surface area (Å²) in [5.41, 5.74) is 1.76. The molecule has 3 rings (SSSR count). The summed E-state index contributed by atoms with van der Waals surface area (Å²) >= 11 is 0. The number of nitrogens with zero attached hydrogens (tertiary/aromatic N) is 1. The van der Waals surface area contributed by atoms with Crippen LogP contribution < -0.4 is 10.0 Å². The Labute approximate surface area is 167 Å². The first-order valence-electron chi connectivity index (χ1n) is 8.49. The van der Waals surface area contributed by atoms with E-state index >= 15 is 0 Å². The van der Waals surface area contributed by atoms with Gasteiger partial charge in [-0.1, -0.05) is 6.07 Å². The summed E-state index contributed by atoms with van der Waals surface area (Å²) < 4.78 is 40.6. The lowest BCUT2D eigenvalue weighted by Crippen LogP contribution is -2.15. The Bertz CT molecular complexity index is 1220. The van der Waals surface area contributed by atoms with E-state index in [1.807, 2.05) is 6.07 Å². The van der Waals surface area contributed by atoms with E-state index in [-0.39, 0.29) is 16.1 Å². The highest BCUT2D eigenvalue weighted by molar-refractivity contribution is 7.92. The summed E-state index contributed by atoms with van der Waals surface area (Å²) in [6, 6.07) is 17.8. The minimum atomic E-state index is -3.90. The SMILES string of the molecule is Cc1cc(F)ccc1S(=O)(=O)Nc1ccc(C(=O)Nc2cccc(C#N)c2)cc1. The maximum absolute atomic E-state index is 13.2. The normalized spacial score (nSPS) is 10.8. The van der Waals surface area contributed by atoms with Gasteiger partial charge in [-0.15, -0.1) is 0 Å². The third-order valence-electron chi connectivity index (χ3n) is 4.08. The lowest BCUT2D eigenvalue weighted by Gasteiger charge is -2.11. The number of amides is 1. The summed E-state index contributed by atoms with van der Waals surface area (Å²) in [4.78, 5) is 12.3. The van der Waals surface area contributed by atoms with E-state index in [0.29, 0.717) is 16.8 Å². The number of hydrogen-bond acceptors (Lipinski definition) is 4. The predicted octanol–water partition coefficient (Wildman–Crippen LogP) is 4.06. The number of carbonyl (C=O) groups excluding carboxylic acids is 1. The van der Waals surface area contributed by atoms with Crippen molar-refractivity contribution in [3.05, 3.63) is 89.2 Å². The zero-order valence-corrected chi connectivity index (χ0v) is 16.1. The minimum Gasteiger partial charge on any atom is -0.322 e. The molecule has 0 spiro atoms. The fourth-order valence-electron chi connectivity index (χ4n) is 2.68. The lowest BCUT2D eigenvalue weighted by atomic mass is 10.1. The van der Waals surface area contributed by atoms with Gasteiger partial charge in [-0.2, -0.15) is 5.26 Å². The maximum atomic E-state index is 13.2. The summed E-state index contributed by atoms with van der Waals surface area (Å²) in [5, 5.41) is 11.6. The van der Waals surface area contributed by atoms with Crippen molar-refractivity contribution in [1.82, 2.24) is 0 Å².